The van der Waals surface area contributed by atoms with Gasteiger partial charge in [-0.25, -0.2) is 0 Å². The SMILES string of the molecule is O=C(Nc1cccc(C(F)(F)F)c1)C1CCN(C(=O)CCc2ccccc2)CC1. The zero-order chi connectivity index (χ0) is 20.9. The van der Waals surface area contributed by atoms with E-state index < -0.39 is 11.7 Å². The first-order valence-corrected chi connectivity index (χ1v) is 9.63. The first kappa shape index (κ1) is 20.9. The fourth-order valence-corrected chi connectivity index (χ4v) is 3.46. The maximum absolute atomic E-state index is 12.8. The number of carbonyl (C=O) groups is 2. The van der Waals surface area contributed by atoms with E-state index in [0.29, 0.717) is 38.8 Å². The topological polar surface area (TPSA) is 49.4 Å². The summed E-state index contributed by atoms with van der Waals surface area (Å²) in [4.78, 5) is 26.6. The van der Waals surface area contributed by atoms with Gasteiger partial charge in [-0.15, -0.1) is 0 Å². The van der Waals surface area contributed by atoms with E-state index in [0.717, 1.165) is 17.7 Å². The van der Waals surface area contributed by atoms with Crippen molar-refractivity contribution in [2.24, 2.45) is 5.92 Å². The summed E-state index contributed by atoms with van der Waals surface area (Å²) in [6.45, 7) is 0.961. The Bertz CT molecular complexity index is 845. The summed E-state index contributed by atoms with van der Waals surface area (Å²) in [5.41, 5.74) is 0.441. The van der Waals surface area contributed by atoms with E-state index in [1.165, 1.54) is 12.1 Å². The molecule has 0 aliphatic carbocycles. The van der Waals surface area contributed by atoms with E-state index in [4.69, 9.17) is 0 Å². The number of anilines is 1. The number of piperidine rings is 1. The van der Waals surface area contributed by atoms with Gasteiger partial charge in [-0.2, -0.15) is 13.2 Å². The fourth-order valence-electron chi connectivity index (χ4n) is 3.46. The molecule has 1 aliphatic rings. The number of benzene rings is 2. The standard InChI is InChI=1S/C22H23F3N2O2/c23-22(24,25)18-7-4-8-19(15-18)26-21(29)17-11-13-27(14-12-17)20(28)10-9-16-5-2-1-3-6-16/h1-8,15,17H,9-14H2,(H,26,29). The highest BCUT2D eigenvalue weighted by Gasteiger charge is 2.31. The number of likely N-dealkylation sites (tertiary alicyclic amines) is 1. The van der Waals surface area contributed by atoms with Crippen molar-refractivity contribution in [3.05, 3.63) is 65.7 Å². The summed E-state index contributed by atoms with van der Waals surface area (Å²) in [6.07, 6.45) is -2.35. The monoisotopic (exact) mass is 404 g/mol. The highest BCUT2D eigenvalue weighted by Crippen LogP contribution is 2.31. The lowest BCUT2D eigenvalue weighted by atomic mass is 9.95. The lowest BCUT2D eigenvalue weighted by molar-refractivity contribution is -0.137. The van der Waals surface area contributed by atoms with Crippen LogP contribution in [0.25, 0.3) is 0 Å². The van der Waals surface area contributed by atoms with Crippen LogP contribution in [0.3, 0.4) is 0 Å². The van der Waals surface area contributed by atoms with Crippen molar-refractivity contribution in [2.75, 3.05) is 18.4 Å². The van der Waals surface area contributed by atoms with Crippen LogP contribution in [0.4, 0.5) is 18.9 Å². The van der Waals surface area contributed by atoms with E-state index >= 15 is 0 Å². The molecule has 1 fully saturated rings. The minimum absolute atomic E-state index is 0.0607. The summed E-state index contributed by atoms with van der Waals surface area (Å²) in [5, 5.41) is 2.57. The highest BCUT2D eigenvalue weighted by atomic mass is 19.4. The van der Waals surface area contributed by atoms with E-state index in [2.05, 4.69) is 5.32 Å². The van der Waals surface area contributed by atoms with Gasteiger partial charge in [-0.1, -0.05) is 36.4 Å². The van der Waals surface area contributed by atoms with Crippen LogP contribution in [0, 0.1) is 5.92 Å². The van der Waals surface area contributed by atoms with E-state index in [1.807, 2.05) is 30.3 Å². The Kier molecular flexibility index (Phi) is 6.56. The molecule has 0 bridgehead atoms. The normalized spacial score (nSPS) is 15.2. The Morgan fingerprint density at radius 2 is 1.69 bits per heavy atom. The van der Waals surface area contributed by atoms with Crippen molar-refractivity contribution >= 4 is 17.5 Å². The summed E-state index contributed by atoms with van der Waals surface area (Å²) < 4.78 is 38.4. The van der Waals surface area contributed by atoms with Crippen molar-refractivity contribution in [1.29, 1.82) is 0 Å². The molecular weight excluding hydrogens is 381 g/mol. The molecule has 0 spiro atoms. The van der Waals surface area contributed by atoms with E-state index in [1.54, 1.807) is 4.90 Å². The largest absolute Gasteiger partial charge is 0.416 e. The molecule has 7 heteroatoms. The number of alkyl halides is 3. The van der Waals surface area contributed by atoms with Crippen LogP contribution in [0.5, 0.6) is 0 Å². The molecule has 0 atom stereocenters. The smallest absolute Gasteiger partial charge is 0.343 e. The van der Waals surface area contributed by atoms with Gasteiger partial charge in [-0.3, -0.25) is 9.59 Å². The average molecular weight is 404 g/mol. The van der Waals surface area contributed by atoms with Gasteiger partial charge in [0.25, 0.3) is 0 Å². The maximum atomic E-state index is 12.8. The van der Waals surface area contributed by atoms with Crippen LogP contribution >= 0.6 is 0 Å². The highest BCUT2D eigenvalue weighted by molar-refractivity contribution is 5.92. The second kappa shape index (κ2) is 9.11. The van der Waals surface area contributed by atoms with Crippen LogP contribution in [0.1, 0.15) is 30.4 Å². The minimum atomic E-state index is -4.45. The predicted molar refractivity (Wildman–Crippen MR) is 104 cm³/mol. The number of nitrogens with zero attached hydrogens (tertiary/aromatic N) is 1. The van der Waals surface area contributed by atoms with Crippen LogP contribution in [0.15, 0.2) is 54.6 Å². The number of hydrogen-bond donors (Lipinski definition) is 1. The number of aryl methyl sites for hydroxylation is 1. The van der Waals surface area contributed by atoms with Gasteiger partial charge in [0.2, 0.25) is 11.8 Å². The molecule has 2 aromatic carbocycles. The van der Waals surface area contributed by atoms with Gasteiger partial charge in [0, 0.05) is 31.1 Å². The third-order valence-electron chi connectivity index (χ3n) is 5.15. The van der Waals surface area contributed by atoms with Crippen LogP contribution in [-0.4, -0.2) is 29.8 Å². The van der Waals surface area contributed by atoms with Gasteiger partial charge in [0.1, 0.15) is 0 Å². The zero-order valence-electron chi connectivity index (χ0n) is 15.9. The summed E-state index contributed by atoms with van der Waals surface area (Å²) >= 11 is 0. The Balaban J connectivity index is 1.47. The summed E-state index contributed by atoms with van der Waals surface area (Å²) in [5.74, 6) is -0.561. The second-order valence-corrected chi connectivity index (χ2v) is 7.21. The molecule has 4 nitrogen and oxygen atoms in total. The van der Waals surface area contributed by atoms with Crippen LogP contribution < -0.4 is 5.32 Å². The minimum Gasteiger partial charge on any atom is -0.343 e. The first-order chi connectivity index (χ1) is 13.8. The van der Waals surface area contributed by atoms with Gasteiger partial charge in [0.05, 0.1) is 5.56 Å². The van der Waals surface area contributed by atoms with Gasteiger partial charge < -0.3 is 10.2 Å². The average Bonchev–Trinajstić information content (AvgIpc) is 2.72. The molecule has 0 saturated carbocycles. The molecule has 2 amide bonds. The van der Waals surface area contributed by atoms with Gasteiger partial charge in [-0.05, 0) is 43.0 Å². The van der Waals surface area contributed by atoms with E-state index in [-0.39, 0.29) is 23.4 Å². The van der Waals surface area contributed by atoms with Crippen molar-refractivity contribution in [3.8, 4) is 0 Å². The lowest BCUT2D eigenvalue weighted by Crippen LogP contribution is -2.41. The summed E-state index contributed by atoms with van der Waals surface area (Å²) in [7, 11) is 0. The molecule has 0 radical (unpaired) electrons. The number of amides is 2. The van der Waals surface area contributed by atoms with Gasteiger partial charge >= 0.3 is 6.18 Å². The fraction of sp³-hybridized carbons (Fsp3) is 0.364. The summed E-state index contributed by atoms with van der Waals surface area (Å²) in [6, 6.07) is 14.4. The molecule has 29 heavy (non-hydrogen) atoms. The van der Waals surface area contributed by atoms with Gasteiger partial charge in [0.15, 0.2) is 0 Å². The third kappa shape index (κ3) is 5.82. The third-order valence-corrected chi connectivity index (χ3v) is 5.15. The Labute approximate surface area is 167 Å². The zero-order valence-corrected chi connectivity index (χ0v) is 15.9. The molecule has 0 aromatic heterocycles. The van der Waals surface area contributed by atoms with Crippen LogP contribution in [-0.2, 0) is 22.2 Å². The first-order valence-electron chi connectivity index (χ1n) is 9.63. The molecule has 1 heterocycles. The molecule has 3 rings (SSSR count). The number of nitrogens with one attached hydrogen (secondary N) is 1. The molecule has 154 valence electrons. The van der Waals surface area contributed by atoms with Crippen molar-refractivity contribution in [1.82, 2.24) is 4.90 Å². The molecule has 1 N–H and O–H groups in total. The van der Waals surface area contributed by atoms with Crippen LogP contribution in [0.2, 0.25) is 0 Å². The van der Waals surface area contributed by atoms with Crippen molar-refractivity contribution in [2.45, 2.75) is 31.9 Å². The number of halogens is 3. The Morgan fingerprint density at radius 3 is 2.34 bits per heavy atom. The number of hydrogen-bond acceptors (Lipinski definition) is 2. The van der Waals surface area contributed by atoms with Crippen molar-refractivity contribution < 1.29 is 22.8 Å². The molecule has 1 aliphatic heterocycles. The molecule has 0 unspecified atom stereocenters. The molecular formula is C22H23F3N2O2. The Morgan fingerprint density at radius 1 is 1.00 bits per heavy atom. The maximum Gasteiger partial charge on any atom is 0.416 e. The predicted octanol–water partition coefficient (Wildman–Crippen LogP) is 4.52. The molecule has 2 aromatic rings. The second-order valence-electron chi connectivity index (χ2n) is 7.21. The quantitative estimate of drug-likeness (QED) is 0.797. The Hall–Kier alpha value is -2.83. The van der Waals surface area contributed by atoms with Crippen molar-refractivity contribution in [3.63, 3.8) is 0 Å². The number of rotatable bonds is 5. The molecule has 1 saturated heterocycles. The van der Waals surface area contributed by atoms with E-state index in [9.17, 15) is 22.8 Å². The number of carbonyl (C=O) groups excluding carboxylic acids is 2. The lowest BCUT2D eigenvalue weighted by Gasteiger charge is -2.31.